The van der Waals surface area contributed by atoms with Gasteiger partial charge in [-0.25, -0.2) is 0 Å². The summed E-state index contributed by atoms with van der Waals surface area (Å²) in [6, 6.07) is 11.2. The van der Waals surface area contributed by atoms with E-state index in [-0.39, 0.29) is 6.04 Å². The summed E-state index contributed by atoms with van der Waals surface area (Å²) < 4.78 is 1.99. The van der Waals surface area contributed by atoms with Gasteiger partial charge in [-0.05, 0) is 32.9 Å². The van der Waals surface area contributed by atoms with Crippen molar-refractivity contribution in [2.45, 2.75) is 32.4 Å². The van der Waals surface area contributed by atoms with Crippen LogP contribution in [0.4, 0.5) is 0 Å². The Morgan fingerprint density at radius 3 is 2.52 bits per heavy atom. The molecule has 0 spiro atoms. The maximum atomic E-state index is 5.98. The first kappa shape index (κ1) is 15.7. The number of nitrogens with two attached hydrogens (primary N) is 1. The van der Waals surface area contributed by atoms with Gasteiger partial charge in [0.25, 0.3) is 0 Å². The molecule has 1 heterocycles. The van der Waals surface area contributed by atoms with E-state index >= 15 is 0 Å². The van der Waals surface area contributed by atoms with E-state index < -0.39 is 0 Å². The second kappa shape index (κ2) is 7.38. The first-order valence-electron chi connectivity index (χ1n) is 7.60. The molecule has 21 heavy (non-hydrogen) atoms. The van der Waals surface area contributed by atoms with Gasteiger partial charge >= 0.3 is 0 Å². The summed E-state index contributed by atoms with van der Waals surface area (Å²) in [7, 11) is 2.13. The highest BCUT2D eigenvalue weighted by molar-refractivity contribution is 5.16. The van der Waals surface area contributed by atoms with Crippen molar-refractivity contribution in [3.05, 3.63) is 53.9 Å². The molecule has 0 aliphatic carbocycles. The Labute approximate surface area is 127 Å². The Kier molecular flexibility index (Phi) is 5.53. The smallest absolute Gasteiger partial charge is 0.0538 e. The van der Waals surface area contributed by atoms with Gasteiger partial charge in [0.1, 0.15) is 0 Å². The SMILES string of the molecule is CC(C)n1cc(C(CN)N(C)CCc2ccccc2)cn1. The maximum absolute atomic E-state index is 5.98. The van der Waals surface area contributed by atoms with Gasteiger partial charge in [-0.3, -0.25) is 9.58 Å². The zero-order valence-corrected chi connectivity index (χ0v) is 13.2. The molecule has 0 fully saturated rings. The molecular formula is C17H26N4. The lowest BCUT2D eigenvalue weighted by Crippen LogP contribution is -2.32. The molecule has 2 rings (SSSR count). The third-order valence-electron chi connectivity index (χ3n) is 3.89. The molecule has 0 saturated carbocycles. The molecule has 2 aromatic rings. The molecule has 4 nitrogen and oxygen atoms in total. The van der Waals surface area contributed by atoms with Gasteiger partial charge in [0.2, 0.25) is 0 Å². The fraction of sp³-hybridized carbons (Fsp3) is 0.471. The number of nitrogens with zero attached hydrogens (tertiary/aromatic N) is 3. The Bertz CT molecular complexity index is 533. The van der Waals surface area contributed by atoms with Gasteiger partial charge in [-0.2, -0.15) is 5.10 Å². The van der Waals surface area contributed by atoms with Crippen molar-refractivity contribution >= 4 is 0 Å². The third-order valence-corrected chi connectivity index (χ3v) is 3.89. The zero-order valence-electron chi connectivity index (χ0n) is 13.2. The highest BCUT2D eigenvalue weighted by Gasteiger charge is 2.17. The molecule has 1 unspecified atom stereocenters. The third kappa shape index (κ3) is 4.16. The van der Waals surface area contributed by atoms with Crippen molar-refractivity contribution in [2.24, 2.45) is 5.73 Å². The Morgan fingerprint density at radius 1 is 1.24 bits per heavy atom. The second-order valence-electron chi connectivity index (χ2n) is 5.82. The Morgan fingerprint density at radius 2 is 1.95 bits per heavy atom. The molecular weight excluding hydrogens is 260 g/mol. The molecule has 0 bridgehead atoms. The Balaban J connectivity index is 1.99. The largest absolute Gasteiger partial charge is 0.329 e. The number of likely N-dealkylation sites (N-methyl/N-ethyl adjacent to an activating group) is 1. The summed E-state index contributed by atoms with van der Waals surface area (Å²) in [4.78, 5) is 2.31. The number of rotatable bonds is 7. The molecule has 0 saturated heterocycles. The fourth-order valence-corrected chi connectivity index (χ4v) is 2.48. The van der Waals surface area contributed by atoms with Crippen LogP contribution in [0.5, 0.6) is 0 Å². The van der Waals surface area contributed by atoms with Crippen molar-refractivity contribution in [3.8, 4) is 0 Å². The summed E-state index contributed by atoms with van der Waals surface area (Å²) >= 11 is 0. The maximum Gasteiger partial charge on any atom is 0.0538 e. The summed E-state index contributed by atoms with van der Waals surface area (Å²) in [5.74, 6) is 0. The predicted molar refractivity (Wildman–Crippen MR) is 87.2 cm³/mol. The molecule has 0 radical (unpaired) electrons. The van der Waals surface area contributed by atoms with Crippen LogP contribution in [0.1, 0.15) is 37.1 Å². The van der Waals surface area contributed by atoms with Crippen LogP contribution in [0.2, 0.25) is 0 Å². The summed E-state index contributed by atoms with van der Waals surface area (Å²) in [6.45, 7) is 5.86. The first-order valence-corrected chi connectivity index (χ1v) is 7.60. The average Bonchev–Trinajstić information content (AvgIpc) is 2.97. The minimum atomic E-state index is 0.223. The summed E-state index contributed by atoms with van der Waals surface area (Å²) in [6.07, 6.45) is 5.09. The number of hydrogen-bond acceptors (Lipinski definition) is 3. The van der Waals surface area contributed by atoms with Gasteiger partial charge in [0.05, 0.1) is 6.20 Å². The normalized spacial score (nSPS) is 13.0. The Hall–Kier alpha value is -1.65. The number of hydrogen-bond donors (Lipinski definition) is 1. The number of aromatic nitrogens is 2. The summed E-state index contributed by atoms with van der Waals surface area (Å²) in [5.41, 5.74) is 8.54. The highest BCUT2D eigenvalue weighted by atomic mass is 15.3. The van der Waals surface area contributed by atoms with Gasteiger partial charge < -0.3 is 5.73 Å². The molecule has 2 N–H and O–H groups in total. The lowest BCUT2D eigenvalue weighted by molar-refractivity contribution is 0.253. The van der Waals surface area contributed by atoms with Crippen LogP contribution in [0, 0.1) is 0 Å². The molecule has 0 amide bonds. The molecule has 0 aliphatic rings. The second-order valence-corrected chi connectivity index (χ2v) is 5.82. The van der Waals surface area contributed by atoms with Crippen LogP contribution in [0.25, 0.3) is 0 Å². The van der Waals surface area contributed by atoms with E-state index in [1.807, 2.05) is 10.9 Å². The predicted octanol–water partition coefficient (Wildman–Crippen LogP) is 2.64. The van der Waals surface area contributed by atoms with E-state index in [1.165, 1.54) is 11.1 Å². The van der Waals surface area contributed by atoms with Crippen LogP contribution >= 0.6 is 0 Å². The lowest BCUT2D eigenvalue weighted by Gasteiger charge is -2.26. The highest BCUT2D eigenvalue weighted by Crippen LogP contribution is 2.19. The van der Waals surface area contributed by atoms with E-state index in [2.05, 4.69) is 67.4 Å². The standard InChI is InChI=1S/C17H26N4/c1-14(2)21-13-16(12-19-21)17(11-18)20(3)10-9-15-7-5-4-6-8-15/h4-8,12-14,17H,9-11,18H2,1-3H3. The molecule has 4 heteroatoms. The van der Waals surface area contributed by atoms with Gasteiger partial charge in [-0.1, -0.05) is 30.3 Å². The van der Waals surface area contributed by atoms with Crippen LogP contribution < -0.4 is 5.73 Å². The molecule has 1 aromatic carbocycles. The minimum absolute atomic E-state index is 0.223. The van der Waals surface area contributed by atoms with E-state index in [4.69, 9.17) is 5.73 Å². The van der Waals surface area contributed by atoms with Crippen molar-refractivity contribution in [3.63, 3.8) is 0 Å². The van der Waals surface area contributed by atoms with E-state index in [0.717, 1.165) is 13.0 Å². The van der Waals surface area contributed by atoms with Crippen LogP contribution in [-0.4, -0.2) is 34.8 Å². The zero-order chi connectivity index (χ0) is 15.2. The van der Waals surface area contributed by atoms with Gasteiger partial charge in [-0.15, -0.1) is 0 Å². The van der Waals surface area contributed by atoms with Crippen molar-refractivity contribution < 1.29 is 0 Å². The van der Waals surface area contributed by atoms with Gasteiger partial charge in [0, 0.05) is 36.9 Å². The molecule has 1 aromatic heterocycles. The van der Waals surface area contributed by atoms with Crippen LogP contribution in [0.3, 0.4) is 0 Å². The lowest BCUT2D eigenvalue weighted by atomic mass is 10.1. The molecule has 1 atom stereocenters. The average molecular weight is 286 g/mol. The van der Waals surface area contributed by atoms with Gasteiger partial charge in [0.15, 0.2) is 0 Å². The fourth-order valence-electron chi connectivity index (χ4n) is 2.48. The minimum Gasteiger partial charge on any atom is -0.329 e. The summed E-state index contributed by atoms with van der Waals surface area (Å²) in [5, 5.41) is 4.42. The topological polar surface area (TPSA) is 47.1 Å². The monoisotopic (exact) mass is 286 g/mol. The molecule has 114 valence electrons. The first-order chi connectivity index (χ1) is 10.1. The van der Waals surface area contributed by atoms with E-state index in [1.54, 1.807) is 0 Å². The van der Waals surface area contributed by atoms with Crippen LogP contribution in [-0.2, 0) is 6.42 Å². The number of benzene rings is 1. The quantitative estimate of drug-likeness (QED) is 0.851. The molecule has 0 aliphatic heterocycles. The van der Waals surface area contributed by atoms with Crippen molar-refractivity contribution in [1.29, 1.82) is 0 Å². The van der Waals surface area contributed by atoms with E-state index in [0.29, 0.717) is 12.6 Å². The van der Waals surface area contributed by atoms with Crippen LogP contribution in [0.15, 0.2) is 42.7 Å². The van der Waals surface area contributed by atoms with Crippen molar-refractivity contribution in [1.82, 2.24) is 14.7 Å². The van der Waals surface area contributed by atoms with Crippen molar-refractivity contribution in [2.75, 3.05) is 20.1 Å². The van der Waals surface area contributed by atoms with E-state index in [9.17, 15) is 0 Å².